The smallest absolute Gasteiger partial charge is 0.321 e. The third-order valence-electron chi connectivity index (χ3n) is 4.37. The third kappa shape index (κ3) is 2.76. The van der Waals surface area contributed by atoms with Crippen LogP contribution >= 0.6 is 0 Å². The van der Waals surface area contributed by atoms with Crippen LogP contribution in [0.3, 0.4) is 0 Å². The van der Waals surface area contributed by atoms with Gasteiger partial charge >= 0.3 is 5.97 Å². The molecule has 2 fully saturated rings. The predicted molar refractivity (Wildman–Crippen MR) is 71.5 cm³/mol. The van der Waals surface area contributed by atoms with E-state index < -0.39 is 5.41 Å². The first-order valence-electron chi connectivity index (χ1n) is 7.10. The van der Waals surface area contributed by atoms with Gasteiger partial charge in [0.2, 0.25) is 5.91 Å². The molecule has 1 amide bonds. The van der Waals surface area contributed by atoms with Crippen molar-refractivity contribution in [2.24, 2.45) is 11.3 Å². The van der Waals surface area contributed by atoms with Crippen molar-refractivity contribution in [2.75, 3.05) is 40.3 Å². The topological polar surface area (TPSA) is 49.9 Å². The average molecular weight is 268 g/mol. The predicted octanol–water partition coefficient (Wildman–Crippen LogP) is 0.740. The number of ether oxygens (including phenoxy) is 1. The van der Waals surface area contributed by atoms with Crippen molar-refractivity contribution in [2.45, 2.75) is 26.2 Å². The Morgan fingerprint density at radius 1 is 1.42 bits per heavy atom. The Bertz CT molecular complexity index is 366. The van der Waals surface area contributed by atoms with Gasteiger partial charge in [-0.1, -0.05) is 0 Å². The van der Waals surface area contributed by atoms with Gasteiger partial charge in [0.25, 0.3) is 0 Å². The standard InChI is InChI=1S/C14H24N2O3/c1-4-16(10-11-5-8-15(2)9-11)12(17)14(6-7-14)13(18)19-3/h11H,4-10H2,1-3H3/t11-/m1/s1. The van der Waals surface area contributed by atoms with E-state index in [2.05, 4.69) is 11.9 Å². The SMILES string of the molecule is CCN(C[C@@H]1CCN(C)C1)C(=O)C1(C(=O)OC)CC1. The van der Waals surface area contributed by atoms with Gasteiger partial charge in [0.15, 0.2) is 0 Å². The van der Waals surface area contributed by atoms with E-state index in [4.69, 9.17) is 4.74 Å². The summed E-state index contributed by atoms with van der Waals surface area (Å²) in [6.45, 7) is 5.54. The molecule has 2 rings (SSSR count). The zero-order chi connectivity index (χ0) is 14.0. The van der Waals surface area contributed by atoms with E-state index in [-0.39, 0.29) is 11.9 Å². The van der Waals surface area contributed by atoms with Gasteiger partial charge in [-0.15, -0.1) is 0 Å². The summed E-state index contributed by atoms with van der Waals surface area (Å²) in [6.07, 6.45) is 2.41. The molecule has 5 nitrogen and oxygen atoms in total. The normalized spacial score (nSPS) is 25.1. The maximum Gasteiger partial charge on any atom is 0.321 e. The highest BCUT2D eigenvalue weighted by Gasteiger charge is 2.59. The average Bonchev–Trinajstić information content (AvgIpc) is 3.13. The molecule has 1 heterocycles. The molecule has 0 aromatic rings. The Balaban J connectivity index is 1.98. The highest BCUT2D eigenvalue weighted by molar-refractivity contribution is 6.05. The molecule has 1 aliphatic heterocycles. The second-order valence-corrected chi connectivity index (χ2v) is 5.83. The fourth-order valence-corrected chi connectivity index (χ4v) is 2.97. The summed E-state index contributed by atoms with van der Waals surface area (Å²) in [6, 6.07) is 0. The first-order valence-corrected chi connectivity index (χ1v) is 7.10. The van der Waals surface area contributed by atoms with E-state index in [0.29, 0.717) is 25.3 Å². The van der Waals surface area contributed by atoms with E-state index in [0.717, 1.165) is 26.1 Å². The second kappa shape index (κ2) is 5.49. The van der Waals surface area contributed by atoms with Gasteiger partial charge in [0, 0.05) is 19.6 Å². The van der Waals surface area contributed by atoms with E-state index >= 15 is 0 Å². The minimum absolute atomic E-state index is 0.0311. The van der Waals surface area contributed by atoms with Crippen LogP contribution in [0.1, 0.15) is 26.2 Å². The van der Waals surface area contributed by atoms with Gasteiger partial charge in [-0.2, -0.15) is 0 Å². The van der Waals surface area contributed by atoms with Crippen LogP contribution in [-0.2, 0) is 14.3 Å². The lowest BCUT2D eigenvalue weighted by Gasteiger charge is -2.27. The maximum absolute atomic E-state index is 12.5. The zero-order valence-corrected chi connectivity index (χ0v) is 12.1. The highest BCUT2D eigenvalue weighted by atomic mass is 16.5. The summed E-state index contributed by atoms with van der Waals surface area (Å²) >= 11 is 0. The van der Waals surface area contributed by atoms with Crippen molar-refractivity contribution >= 4 is 11.9 Å². The third-order valence-corrected chi connectivity index (χ3v) is 4.37. The number of likely N-dealkylation sites (tertiary alicyclic amines) is 1. The molecule has 2 aliphatic rings. The quantitative estimate of drug-likeness (QED) is 0.545. The van der Waals surface area contributed by atoms with Gasteiger partial charge in [-0.05, 0) is 45.7 Å². The van der Waals surface area contributed by atoms with Crippen molar-refractivity contribution in [3.05, 3.63) is 0 Å². The van der Waals surface area contributed by atoms with Crippen LogP contribution in [0, 0.1) is 11.3 Å². The molecule has 0 bridgehead atoms. The van der Waals surface area contributed by atoms with Crippen LogP contribution in [-0.4, -0.2) is 62.0 Å². The maximum atomic E-state index is 12.5. The van der Waals surface area contributed by atoms with Crippen molar-refractivity contribution in [1.82, 2.24) is 9.80 Å². The summed E-state index contributed by atoms with van der Waals surface area (Å²) in [5, 5.41) is 0. The summed E-state index contributed by atoms with van der Waals surface area (Å²) in [7, 11) is 3.47. The summed E-state index contributed by atoms with van der Waals surface area (Å²) in [5.74, 6) is 0.137. The molecular formula is C14H24N2O3. The first-order chi connectivity index (χ1) is 9.03. The Kier molecular flexibility index (Phi) is 4.13. The molecule has 5 heteroatoms. The first kappa shape index (κ1) is 14.3. The number of amides is 1. The molecular weight excluding hydrogens is 244 g/mol. The molecule has 1 saturated heterocycles. The zero-order valence-electron chi connectivity index (χ0n) is 12.1. The largest absolute Gasteiger partial charge is 0.468 e. The fourth-order valence-electron chi connectivity index (χ4n) is 2.97. The lowest BCUT2D eigenvalue weighted by atomic mass is 10.0. The molecule has 1 aliphatic carbocycles. The molecule has 19 heavy (non-hydrogen) atoms. The van der Waals surface area contributed by atoms with Crippen molar-refractivity contribution < 1.29 is 14.3 Å². The van der Waals surface area contributed by atoms with Gasteiger partial charge in [0.05, 0.1) is 7.11 Å². The van der Waals surface area contributed by atoms with Crippen molar-refractivity contribution in [1.29, 1.82) is 0 Å². The lowest BCUT2D eigenvalue weighted by molar-refractivity contribution is -0.156. The van der Waals surface area contributed by atoms with Crippen LogP contribution < -0.4 is 0 Å². The molecule has 0 unspecified atom stereocenters. The monoisotopic (exact) mass is 268 g/mol. The van der Waals surface area contributed by atoms with Crippen LogP contribution in [0.15, 0.2) is 0 Å². The van der Waals surface area contributed by atoms with Gasteiger partial charge < -0.3 is 14.5 Å². The molecule has 108 valence electrons. The van der Waals surface area contributed by atoms with E-state index in [1.165, 1.54) is 7.11 Å². The number of carbonyl (C=O) groups is 2. The molecule has 0 aromatic heterocycles. The lowest BCUT2D eigenvalue weighted by Crippen LogP contribution is -2.43. The van der Waals surface area contributed by atoms with Crippen molar-refractivity contribution in [3.63, 3.8) is 0 Å². The Labute approximate surface area is 114 Å². The number of hydrogen-bond acceptors (Lipinski definition) is 4. The van der Waals surface area contributed by atoms with Gasteiger partial charge in [-0.3, -0.25) is 9.59 Å². The molecule has 0 spiro atoms. The number of rotatable bonds is 5. The van der Waals surface area contributed by atoms with Crippen LogP contribution in [0.25, 0.3) is 0 Å². The summed E-state index contributed by atoms with van der Waals surface area (Å²) in [5.41, 5.74) is -0.852. The minimum Gasteiger partial charge on any atom is -0.468 e. The molecule has 0 aromatic carbocycles. The van der Waals surface area contributed by atoms with Crippen LogP contribution in [0.4, 0.5) is 0 Å². The molecule has 0 N–H and O–H groups in total. The minimum atomic E-state index is -0.852. The Morgan fingerprint density at radius 2 is 2.11 bits per heavy atom. The summed E-state index contributed by atoms with van der Waals surface area (Å²) in [4.78, 5) is 28.4. The number of hydrogen-bond donors (Lipinski definition) is 0. The number of nitrogens with zero attached hydrogens (tertiary/aromatic N) is 2. The van der Waals surface area contributed by atoms with E-state index in [1.54, 1.807) is 0 Å². The van der Waals surface area contributed by atoms with Crippen LogP contribution in [0.5, 0.6) is 0 Å². The molecule has 1 atom stereocenters. The summed E-state index contributed by atoms with van der Waals surface area (Å²) < 4.78 is 4.79. The number of methoxy groups -OCH3 is 1. The Morgan fingerprint density at radius 3 is 2.53 bits per heavy atom. The van der Waals surface area contributed by atoms with E-state index in [1.807, 2.05) is 11.8 Å². The van der Waals surface area contributed by atoms with Crippen LogP contribution in [0.2, 0.25) is 0 Å². The number of carbonyl (C=O) groups excluding carboxylic acids is 2. The van der Waals surface area contributed by atoms with E-state index in [9.17, 15) is 9.59 Å². The fraction of sp³-hybridized carbons (Fsp3) is 0.857. The molecule has 1 saturated carbocycles. The Hall–Kier alpha value is -1.10. The molecule has 0 radical (unpaired) electrons. The number of esters is 1. The highest BCUT2D eigenvalue weighted by Crippen LogP contribution is 2.48. The van der Waals surface area contributed by atoms with Crippen molar-refractivity contribution in [3.8, 4) is 0 Å². The second-order valence-electron chi connectivity index (χ2n) is 5.83. The van der Waals surface area contributed by atoms with Gasteiger partial charge in [-0.25, -0.2) is 0 Å². The van der Waals surface area contributed by atoms with Gasteiger partial charge in [0.1, 0.15) is 5.41 Å².